The lowest BCUT2D eigenvalue weighted by Gasteiger charge is -2.49. The Morgan fingerprint density at radius 1 is 0.886 bits per heavy atom. The predicted octanol–water partition coefficient (Wildman–Crippen LogP) is 3.84. The minimum absolute atomic E-state index is 0.0598. The molecule has 3 amide bonds. The fraction of sp³-hybridized carbons (Fsp3) is 0.125. The standard InChI is InChI=1S/C24H14BrN3O7/c25-13-5-7-14(8-6-13)26-20(12-4-9-17-18(10-12)35-11-34-17)21(24(26)31)27-22(29)15-2-1-3-16(28(32)33)19(15)23(27)30/h1-10,20-21H,11H2/t20-,21-/m0/s1. The van der Waals surface area contributed by atoms with Gasteiger partial charge in [0.05, 0.1) is 16.5 Å². The number of benzene rings is 3. The number of carbonyl (C=O) groups is 3. The lowest BCUT2D eigenvalue weighted by molar-refractivity contribution is -0.385. The average Bonchev–Trinajstić information content (AvgIpc) is 3.41. The first-order valence-corrected chi connectivity index (χ1v) is 11.3. The first-order valence-electron chi connectivity index (χ1n) is 10.5. The van der Waals surface area contributed by atoms with E-state index in [-0.39, 0.29) is 17.9 Å². The van der Waals surface area contributed by atoms with E-state index < -0.39 is 40.4 Å². The van der Waals surface area contributed by atoms with Crippen LogP contribution < -0.4 is 14.4 Å². The van der Waals surface area contributed by atoms with Crippen molar-refractivity contribution < 1.29 is 28.8 Å². The number of carbonyl (C=O) groups excluding carboxylic acids is 3. The molecule has 174 valence electrons. The fourth-order valence-corrected chi connectivity index (χ4v) is 5.00. The second-order valence-corrected chi connectivity index (χ2v) is 9.04. The van der Waals surface area contributed by atoms with Crippen LogP contribution in [0, 0.1) is 10.1 Å². The molecule has 0 aliphatic carbocycles. The first-order chi connectivity index (χ1) is 16.9. The molecule has 0 bridgehead atoms. The lowest BCUT2D eigenvalue weighted by atomic mass is 9.86. The zero-order chi connectivity index (χ0) is 24.4. The van der Waals surface area contributed by atoms with Crippen LogP contribution >= 0.6 is 15.9 Å². The van der Waals surface area contributed by atoms with Gasteiger partial charge >= 0.3 is 0 Å². The van der Waals surface area contributed by atoms with Crippen molar-refractivity contribution in [1.82, 2.24) is 4.90 Å². The highest BCUT2D eigenvalue weighted by molar-refractivity contribution is 9.10. The molecular weight excluding hydrogens is 522 g/mol. The maximum Gasteiger partial charge on any atom is 0.282 e. The van der Waals surface area contributed by atoms with Gasteiger partial charge in [0.25, 0.3) is 23.4 Å². The topological polar surface area (TPSA) is 119 Å². The van der Waals surface area contributed by atoms with Gasteiger partial charge in [0, 0.05) is 16.2 Å². The normalized spacial score (nSPS) is 20.2. The largest absolute Gasteiger partial charge is 0.454 e. The number of anilines is 1. The number of amides is 3. The van der Waals surface area contributed by atoms with E-state index in [0.29, 0.717) is 22.7 Å². The Labute approximate surface area is 205 Å². The second kappa shape index (κ2) is 7.64. The minimum atomic E-state index is -1.19. The van der Waals surface area contributed by atoms with E-state index in [1.807, 2.05) is 0 Å². The summed E-state index contributed by atoms with van der Waals surface area (Å²) in [5, 5.41) is 11.5. The number of halogens is 1. The second-order valence-electron chi connectivity index (χ2n) is 8.12. The van der Waals surface area contributed by atoms with E-state index >= 15 is 0 Å². The van der Waals surface area contributed by atoms with Crippen LogP contribution in [-0.2, 0) is 4.79 Å². The number of hydrogen-bond donors (Lipinski definition) is 0. The van der Waals surface area contributed by atoms with E-state index in [9.17, 15) is 24.5 Å². The Balaban J connectivity index is 1.45. The number of nitro groups is 1. The van der Waals surface area contributed by atoms with Gasteiger partial charge in [-0.3, -0.25) is 29.4 Å². The maximum atomic E-state index is 13.5. The Bertz CT molecular complexity index is 1460. The van der Waals surface area contributed by atoms with Gasteiger partial charge in [-0.25, -0.2) is 0 Å². The van der Waals surface area contributed by atoms with Gasteiger partial charge in [0.15, 0.2) is 11.5 Å². The minimum Gasteiger partial charge on any atom is -0.454 e. The molecule has 0 saturated carbocycles. The highest BCUT2D eigenvalue weighted by Gasteiger charge is 2.58. The van der Waals surface area contributed by atoms with E-state index in [2.05, 4.69) is 15.9 Å². The summed E-state index contributed by atoms with van der Waals surface area (Å²) in [5.74, 6) is -1.06. The highest BCUT2D eigenvalue weighted by Crippen LogP contribution is 2.47. The van der Waals surface area contributed by atoms with Crippen molar-refractivity contribution in [3.8, 4) is 11.5 Å². The van der Waals surface area contributed by atoms with Crippen LogP contribution in [-0.4, -0.2) is 40.4 Å². The van der Waals surface area contributed by atoms with Crippen LogP contribution in [0.2, 0.25) is 0 Å². The molecule has 2 atom stereocenters. The van der Waals surface area contributed by atoms with Gasteiger partial charge in [0.1, 0.15) is 11.6 Å². The first kappa shape index (κ1) is 21.3. The molecule has 3 heterocycles. The fourth-order valence-electron chi connectivity index (χ4n) is 4.73. The molecule has 0 spiro atoms. The number of imide groups is 1. The maximum absolute atomic E-state index is 13.5. The molecule has 0 N–H and O–H groups in total. The van der Waals surface area contributed by atoms with Gasteiger partial charge in [-0.2, -0.15) is 0 Å². The molecule has 11 heteroatoms. The molecule has 35 heavy (non-hydrogen) atoms. The van der Waals surface area contributed by atoms with Crippen molar-refractivity contribution in [2.24, 2.45) is 0 Å². The highest BCUT2D eigenvalue weighted by atomic mass is 79.9. The molecule has 0 aromatic heterocycles. The third-order valence-corrected chi connectivity index (χ3v) is 6.84. The van der Waals surface area contributed by atoms with Crippen LogP contribution in [0.15, 0.2) is 65.1 Å². The Hall–Kier alpha value is -4.25. The van der Waals surface area contributed by atoms with Gasteiger partial charge in [-0.15, -0.1) is 0 Å². The van der Waals surface area contributed by atoms with Crippen molar-refractivity contribution in [1.29, 1.82) is 0 Å². The number of nitrogens with zero attached hydrogens (tertiary/aromatic N) is 3. The van der Waals surface area contributed by atoms with Crippen molar-refractivity contribution >= 4 is 45.0 Å². The van der Waals surface area contributed by atoms with Crippen LogP contribution in [0.4, 0.5) is 11.4 Å². The molecule has 0 unspecified atom stereocenters. The summed E-state index contributed by atoms with van der Waals surface area (Å²) in [6.45, 7) is 0.0598. The Morgan fingerprint density at radius 2 is 1.63 bits per heavy atom. The summed E-state index contributed by atoms with van der Waals surface area (Å²) >= 11 is 3.37. The van der Waals surface area contributed by atoms with Crippen LogP contribution in [0.1, 0.15) is 32.3 Å². The van der Waals surface area contributed by atoms with Crippen molar-refractivity contribution in [3.63, 3.8) is 0 Å². The molecule has 3 aliphatic heterocycles. The average molecular weight is 536 g/mol. The summed E-state index contributed by atoms with van der Waals surface area (Å²) < 4.78 is 11.7. The van der Waals surface area contributed by atoms with Crippen molar-refractivity contribution in [2.75, 3.05) is 11.7 Å². The number of rotatable bonds is 4. The quantitative estimate of drug-likeness (QED) is 0.215. The molecule has 1 fully saturated rings. The van der Waals surface area contributed by atoms with Gasteiger partial charge in [-0.05, 0) is 48.0 Å². The Morgan fingerprint density at radius 3 is 2.37 bits per heavy atom. The van der Waals surface area contributed by atoms with Gasteiger partial charge in [-0.1, -0.05) is 28.1 Å². The van der Waals surface area contributed by atoms with Crippen LogP contribution in [0.5, 0.6) is 11.5 Å². The van der Waals surface area contributed by atoms with E-state index in [0.717, 1.165) is 9.37 Å². The van der Waals surface area contributed by atoms with Crippen molar-refractivity contribution in [3.05, 3.63) is 91.9 Å². The summed E-state index contributed by atoms with van der Waals surface area (Å²) in [6, 6.07) is 14.1. The summed E-state index contributed by atoms with van der Waals surface area (Å²) in [6.07, 6.45) is 0. The molecule has 1 saturated heterocycles. The van der Waals surface area contributed by atoms with Crippen LogP contribution in [0.3, 0.4) is 0 Å². The lowest BCUT2D eigenvalue weighted by Crippen LogP contribution is -2.67. The summed E-state index contributed by atoms with van der Waals surface area (Å²) in [4.78, 5) is 53.2. The number of fused-ring (bicyclic) bond motifs is 2. The molecule has 10 nitrogen and oxygen atoms in total. The van der Waals surface area contributed by atoms with Crippen LogP contribution in [0.25, 0.3) is 0 Å². The van der Waals surface area contributed by atoms with Gasteiger partial charge < -0.3 is 14.4 Å². The third kappa shape index (κ3) is 3.04. The molecular formula is C24H14BrN3O7. The Kier molecular flexibility index (Phi) is 4.65. The molecule has 3 aliphatic rings. The number of ether oxygens (including phenoxy) is 2. The number of hydrogen-bond acceptors (Lipinski definition) is 7. The SMILES string of the molecule is O=C1c2cccc([N+](=O)[O-])c2C(=O)N1[C@@H]1C(=O)N(c2ccc(Br)cc2)[C@H]1c1ccc2c(c1)OCO2. The molecule has 6 rings (SSSR count). The molecule has 0 radical (unpaired) electrons. The smallest absolute Gasteiger partial charge is 0.282 e. The number of β-lactam (4-membered cyclic amide) rings is 1. The van der Waals surface area contributed by atoms with E-state index in [4.69, 9.17) is 9.47 Å². The zero-order valence-electron chi connectivity index (χ0n) is 17.7. The zero-order valence-corrected chi connectivity index (χ0v) is 19.3. The van der Waals surface area contributed by atoms with Gasteiger partial charge in [0.2, 0.25) is 6.79 Å². The van der Waals surface area contributed by atoms with E-state index in [1.54, 1.807) is 42.5 Å². The molecule has 3 aromatic rings. The predicted molar refractivity (Wildman–Crippen MR) is 124 cm³/mol. The third-order valence-electron chi connectivity index (χ3n) is 6.31. The molecule has 3 aromatic carbocycles. The monoisotopic (exact) mass is 535 g/mol. The van der Waals surface area contributed by atoms with Crippen molar-refractivity contribution in [2.45, 2.75) is 12.1 Å². The number of nitro benzene ring substituents is 1. The summed E-state index contributed by atoms with van der Waals surface area (Å²) in [7, 11) is 0. The van der Waals surface area contributed by atoms with E-state index in [1.165, 1.54) is 23.1 Å². The summed E-state index contributed by atoms with van der Waals surface area (Å²) in [5.41, 5.74) is 0.317.